The van der Waals surface area contributed by atoms with E-state index >= 15 is 0 Å². The highest BCUT2D eigenvalue weighted by molar-refractivity contribution is 5.73. The van der Waals surface area contributed by atoms with Crippen molar-refractivity contribution < 1.29 is 9.59 Å². The Hall–Kier alpha value is -1.84. The zero-order valence-electron chi connectivity index (χ0n) is 11.4. The summed E-state index contributed by atoms with van der Waals surface area (Å²) in [5.41, 5.74) is 2.17. The Balaban J connectivity index is 2.63. The van der Waals surface area contributed by atoms with E-state index in [9.17, 15) is 9.59 Å². The zero-order valence-corrected chi connectivity index (χ0v) is 11.4. The van der Waals surface area contributed by atoms with Crippen molar-refractivity contribution >= 4 is 11.8 Å². The molecular formula is C14H20N2O2. The molecule has 0 bridgehead atoms. The number of amides is 2. The predicted molar refractivity (Wildman–Crippen MR) is 70.7 cm³/mol. The Kier molecular flexibility index (Phi) is 4.89. The molecule has 0 aliphatic heterocycles. The number of carbonyl (C=O) groups is 2. The highest BCUT2D eigenvalue weighted by Gasteiger charge is 2.05. The van der Waals surface area contributed by atoms with Crippen LogP contribution in [-0.2, 0) is 22.7 Å². The van der Waals surface area contributed by atoms with Gasteiger partial charge in [0.25, 0.3) is 0 Å². The topological polar surface area (TPSA) is 40.6 Å². The second-order valence-corrected chi connectivity index (χ2v) is 4.57. The fourth-order valence-corrected chi connectivity index (χ4v) is 1.52. The summed E-state index contributed by atoms with van der Waals surface area (Å²) < 4.78 is 0. The molecule has 4 nitrogen and oxygen atoms in total. The number of nitrogens with zero attached hydrogens (tertiary/aromatic N) is 2. The van der Waals surface area contributed by atoms with Crippen LogP contribution in [0, 0.1) is 0 Å². The van der Waals surface area contributed by atoms with Gasteiger partial charge in [-0.1, -0.05) is 24.3 Å². The highest BCUT2D eigenvalue weighted by atomic mass is 16.2. The standard InChI is InChI=1S/C14H20N2O2/c1-11(17)15(3)9-13-5-7-14(8-6-13)10-16(4)12(2)18/h5-8H,9-10H2,1-4H3. The summed E-state index contributed by atoms with van der Waals surface area (Å²) in [5.74, 6) is 0.103. The van der Waals surface area contributed by atoms with Gasteiger partial charge in [0.15, 0.2) is 0 Å². The molecule has 0 unspecified atom stereocenters. The summed E-state index contributed by atoms with van der Waals surface area (Å²) in [7, 11) is 3.56. The fourth-order valence-electron chi connectivity index (χ4n) is 1.52. The van der Waals surface area contributed by atoms with E-state index in [-0.39, 0.29) is 11.8 Å². The first-order valence-electron chi connectivity index (χ1n) is 5.91. The third-order valence-corrected chi connectivity index (χ3v) is 2.94. The summed E-state index contributed by atoms with van der Waals surface area (Å²) in [6.07, 6.45) is 0. The van der Waals surface area contributed by atoms with Crippen LogP contribution in [0.4, 0.5) is 0 Å². The van der Waals surface area contributed by atoms with Crippen molar-refractivity contribution in [3.63, 3.8) is 0 Å². The SMILES string of the molecule is CC(=O)N(C)Cc1ccc(CN(C)C(C)=O)cc1. The molecule has 1 aromatic rings. The third kappa shape index (κ3) is 4.20. The normalized spacial score (nSPS) is 10.0. The van der Waals surface area contributed by atoms with Crippen molar-refractivity contribution in [3.8, 4) is 0 Å². The second-order valence-electron chi connectivity index (χ2n) is 4.57. The van der Waals surface area contributed by atoms with E-state index in [0.717, 1.165) is 11.1 Å². The van der Waals surface area contributed by atoms with E-state index in [2.05, 4.69) is 0 Å². The molecule has 0 aliphatic rings. The minimum atomic E-state index is 0.0513. The van der Waals surface area contributed by atoms with Gasteiger partial charge in [0, 0.05) is 41.0 Å². The molecule has 2 amide bonds. The van der Waals surface area contributed by atoms with E-state index in [1.54, 1.807) is 37.7 Å². The molecule has 18 heavy (non-hydrogen) atoms. The van der Waals surface area contributed by atoms with Crippen LogP contribution in [0.15, 0.2) is 24.3 Å². The molecule has 4 heteroatoms. The molecule has 0 aromatic heterocycles. The fraction of sp³-hybridized carbons (Fsp3) is 0.429. The first kappa shape index (κ1) is 14.2. The lowest BCUT2D eigenvalue weighted by atomic mass is 10.1. The molecular weight excluding hydrogens is 228 g/mol. The van der Waals surface area contributed by atoms with E-state index < -0.39 is 0 Å². The molecule has 1 aromatic carbocycles. The highest BCUT2D eigenvalue weighted by Crippen LogP contribution is 2.09. The van der Waals surface area contributed by atoms with Crippen molar-refractivity contribution in [3.05, 3.63) is 35.4 Å². The zero-order chi connectivity index (χ0) is 13.7. The first-order valence-corrected chi connectivity index (χ1v) is 5.91. The van der Waals surface area contributed by atoms with Crippen LogP contribution in [-0.4, -0.2) is 35.7 Å². The minimum absolute atomic E-state index is 0.0513. The quantitative estimate of drug-likeness (QED) is 0.812. The Morgan fingerprint density at radius 1 is 0.833 bits per heavy atom. The number of hydrogen-bond donors (Lipinski definition) is 0. The van der Waals surface area contributed by atoms with Crippen LogP contribution in [0.1, 0.15) is 25.0 Å². The summed E-state index contributed by atoms with van der Waals surface area (Å²) in [6, 6.07) is 7.96. The van der Waals surface area contributed by atoms with E-state index in [1.165, 1.54) is 0 Å². The van der Waals surface area contributed by atoms with Gasteiger partial charge in [-0.15, -0.1) is 0 Å². The summed E-state index contributed by atoms with van der Waals surface area (Å²) >= 11 is 0. The average molecular weight is 248 g/mol. The average Bonchev–Trinajstić information content (AvgIpc) is 2.31. The van der Waals surface area contributed by atoms with Gasteiger partial charge in [0.05, 0.1) is 0 Å². The van der Waals surface area contributed by atoms with Gasteiger partial charge in [-0.25, -0.2) is 0 Å². The van der Waals surface area contributed by atoms with E-state index in [0.29, 0.717) is 13.1 Å². The van der Waals surface area contributed by atoms with E-state index in [1.807, 2.05) is 24.3 Å². The summed E-state index contributed by atoms with van der Waals surface area (Å²) in [5, 5.41) is 0. The molecule has 0 saturated heterocycles. The molecule has 0 spiro atoms. The van der Waals surface area contributed by atoms with Crippen molar-refractivity contribution in [1.82, 2.24) is 9.80 Å². The lowest BCUT2D eigenvalue weighted by molar-refractivity contribution is -0.128. The summed E-state index contributed by atoms with van der Waals surface area (Å²) in [6.45, 7) is 4.32. The van der Waals surface area contributed by atoms with Gasteiger partial charge in [0.2, 0.25) is 11.8 Å². The van der Waals surface area contributed by atoms with Gasteiger partial charge >= 0.3 is 0 Å². The predicted octanol–water partition coefficient (Wildman–Crippen LogP) is 1.64. The molecule has 0 atom stereocenters. The summed E-state index contributed by atoms with van der Waals surface area (Å²) in [4.78, 5) is 25.6. The number of hydrogen-bond acceptors (Lipinski definition) is 2. The van der Waals surface area contributed by atoms with Gasteiger partial charge in [-0.2, -0.15) is 0 Å². The maximum absolute atomic E-state index is 11.1. The third-order valence-electron chi connectivity index (χ3n) is 2.94. The van der Waals surface area contributed by atoms with Crippen LogP contribution in [0.3, 0.4) is 0 Å². The van der Waals surface area contributed by atoms with Crippen molar-refractivity contribution in [2.75, 3.05) is 14.1 Å². The number of benzene rings is 1. The van der Waals surface area contributed by atoms with Gasteiger partial charge in [-0.05, 0) is 11.1 Å². The Labute approximate surface area is 108 Å². The van der Waals surface area contributed by atoms with E-state index in [4.69, 9.17) is 0 Å². The molecule has 0 heterocycles. The van der Waals surface area contributed by atoms with Gasteiger partial charge < -0.3 is 9.80 Å². The molecule has 1 rings (SSSR count). The second kappa shape index (κ2) is 6.19. The van der Waals surface area contributed by atoms with Crippen LogP contribution in [0.2, 0.25) is 0 Å². The Morgan fingerprint density at radius 3 is 1.33 bits per heavy atom. The maximum atomic E-state index is 11.1. The van der Waals surface area contributed by atoms with Crippen molar-refractivity contribution in [1.29, 1.82) is 0 Å². The number of rotatable bonds is 4. The first-order chi connectivity index (χ1) is 8.40. The molecule has 0 radical (unpaired) electrons. The number of carbonyl (C=O) groups excluding carboxylic acids is 2. The van der Waals surface area contributed by atoms with Crippen LogP contribution < -0.4 is 0 Å². The van der Waals surface area contributed by atoms with Crippen molar-refractivity contribution in [2.45, 2.75) is 26.9 Å². The van der Waals surface area contributed by atoms with Crippen LogP contribution in [0.5, 0.6) is 0 Å². The molecule has 98 valence electrons. The molecule has 0 saturated carbocycles. The molecule has 0 fully saturated rings. The Morgan fingerprint density at radius 2 is 1.11 bits per heavy atom. The lowest BCUT2D eigenvalue weighted by Crippen LogP contribution is -2.23. The smallest absolute Gasteiger partial charge is 0.219 e. The lowest BCUT2D eigenvalue weighted by Gasteiger charge is -2.17. The largest absolute Gasteiger partial charge is 0.342 e. The minimum Gasteiger partial charge on any atom is -0.342 e. The van der Waals surface area contributed by atoms with Crippen molar-refractivity contribution in [2.24, 2.45) is 0 Å². The van der Waals surface area contributed by atoms with Crippen LogP contribution >= 0.6 is 0 Å². The van der Waals surface area contributed by atoms with Gasteiger partial charge in [0.1, 0.15) is 0 Å². The van der Waals surface area contributed by atoms with Gasteiger partial charge in [-0.3, -0.25) is 9.59 Å². The molecule has 0 aliphatic carbocycles. The monoisotopic (exact) mass is 248 g/mol. The maximum Gasteiger partial charge on any atom is 0.219 e. The Bertz CT molecular complexity index is 385. The van der Waals surface area contributed by atoms with Crippen LogP contribution in [0.25, 0.3) is 0 Å². The molecule has 0 N–H and O–H groups in total.